The summed E-state index contributed by atoms with van der Waals surface area (Å²) in [5.74, 6) is -0.151. The number of hydrogen-bond donors (Lipinski definition) is 1. The number of rotatable bonds is 4. The van der Waals surface area contributed by atoms with Crippen LogP contribution in [0.25, 0.3) is 0 Å². The summed E-state index contributed by atoms with van der Waals surface area (Å²) in [5.41, 5.74) is 1.69. The van der Waals surface area contributed by atoms with Gasteiger partial charge in [-0.1, -0.05) is 48.0 Å². The van der Waals surface area contributed by atoms with Crippen molar-refractivity contribution in [1.29, 1.82) is 0 Å². The molecule has 0 radical (unpaired) electrons. The van der Waals surface area contributed by atoms with E-state index < -0.39 is 0 Å². The lowest BCUT2D eigenvalue weighted by Crippen LogP contribution is -2.26. The first-order valence-electron chi connectivity index (χ1n) is 5.94. The van der Waals surface area contributed by atoms with E-state index in [1.54, 1.807) is 12.1 Å². The Morgan fingerprint density at radius 1 is 1.11 bits per heavy atom. The zero-order valence-corrected chi connectivity index (χ0v) is 12.5. The highest BCUT2D eigenvalue weighted by Gasteiger charge is 2.11. The normalized spacial score (nSPS) is 10.2. The molecule has 4 heteroatoms. The third-order valence-corrected chi connectivity index (χ3v) is 4.03. The first kappa shape index (κ1) is 14.1. The van der Waals surface area contributed by atoms with Gasteiger partial charge in [-0.05, 0) is 40.0 Å². The SMILES string of the molecule is O=C(NCCc1ccccc1)c1cccc(Br)c1Cl. The molecule has 0 atom stereocenters. The van der Waals surface area contributed by atoms with E-state index in [4.69, 9.17) is 11.6 Å². The summed E-state index contributed by atoms with van der Waals surface area (Å²) in [6.07, 6.45) is 0.804. The smallest absolute Gasteiger partial charge is 0.252 e. The molecule has 0 aromatic heterocycles. The van der Waals surface area contributed by atoms with Crippen molar-refractivity contribution < 1.29 is 4.79 Å². The van der Waals surface area contributed by atoms with Gasteiger partial charge in [0, 0.05) is 11.0 Å². The zero-order chi connectivity index (χ0) is 13.7. The van der Waals surface area contributed by atoms with E-state index in [1.807, 2.05) is 36.4 Å². The summed E-state index contributed by atoms with van der Waals surface area (Å²) >= 11 is 9.38. The van der Waals surface area contributed by atoms with Gasteiger partial charge < -0.3 is 5.32 Å². The fraction of sp³-hybridized carbons (Fsp3) is 0.133. The molecule has 0 aliphatic heterocycles. The number of halogens is 2. The monoisotopic (exact) mass is 337 g/mol. The maximum Gasteiger partial charge on any atom is 0.252 e. The van der Waals surface area contributed by atoms with E-state index >= 15 is 0 Å². The van der Waals surface area contributed by atoms with Crippen molar-refractivity contribution in [2.24, 2.45) is 0 Å². The van der Waals surface area contributed by atoms with Gasteiger partial charge in [0.15, 0.2) is 0 Å². The maximum absolute atomic E-state index is 12.0. The van der Waals surface area contributed by atoms with Gasteiger partial charge in [-0.15, -0.1) is 0 Å². The molecule has 0 spiro atoms. The van der Waals surface area contributed by atoms with Crippen LogP contribution in [0, 0.1) is 0 Å². The average Bonchev–Trinajstić information content (AvgIpc) is 2.43. The van der Waals surface area contributed by atoms with Crippen LogP contribution in [0.4, 0.5) is 0 Å². The Labute approximate surface area is 125 Å². The van der Waals surface area contributed by atoms with Crippen molar-refractivity contribution in [2.45, 2.75) is 6.42 Å². The molecule has 98 valence electrons. The Balaban J connectivity index is 1.93. The van der Waals surface area contributed by atoms with Gasteiger partial charge >= 0.3 is 0 Å². The van der Waals surface area contributed by atoms with Gasteiger partial charge in [0.05, 0.1) is 10.6 Å². The molecule has 2 aromatic carbocycles. The summed E-state index contributed by atoms with van der Waals surface area (Å²) in [6.45, 7) is 0.589. The molecule has 0 aliphatic rings. The van der Waals surface area contributed by atoms with Gasteiger partial charge in [-0.25, -0.2) is 0 Å². The van der Waals surface area contributed by atoms with E-state index in [0.717, 1.165) is 10.9 Å². The largest absolute Gasteiger partial charge is 0.352 e. The molecular formula is C15H13BrClNO. The van der Waals surface area contributed by atoms with Crippen LogP contribution >= 0.6 is 27.5 Å². The first-order chi connectivity index (χ1) is 9.18. The lowest BCUT2D eigenvalue weighted by molar-refractivity contribution is 0.0954. The minimum atomic E-state index is -0.151. The number of hydrogen-bond acceptors (Lipinski definition) is 1. The van der Waals surface area contributed by atoms with Crippen LogP contribution in [0.2, 0.25) is 5.02 Å². The van der Waals surface area contributed by atoms with E-state index in [-0.39, 0.29) is 5.91 Å². The van der Waals surface area contributed by atoms with Crippen LogP contribution < -0.4 is 5.32 Å². The average molecular weight is 339 g/mol. The Bertz CT molecular complexity index is 572. The second-order valence-corrected chi connectivity index (χ2v) is 5.33. The highest BCUT2D eigenvalue weighted by atomic mass is 79.9. The van der Waals surface area contributed by atoms with E-state index in [0.29, 0.717) is 17.1 Å². The highest BCUT2D eigenvalue weighted by Crippen LogP contribution is 2.25. The molecule has 2 aromatic rings. The summed E-state index contributed by atoms with van der Waals surface area (Å²) in [5, 5.41) is 3.32. The number of benzene rings is 2. The maximum atomic E-state index is 12.0. The van der Waals surface area contributed by atoms with Gasteiger partial charge in [0.2, 0.25) is 0 Å². The molecule has 0 saturated heterocycles. The third-order valence-electron chi connectivity index (χ3n) is 2.74. The third kappa shape index (κ3) is 3.82. The van der Waals surface area contributed by atoms with Crippen LogP contribution in [0.15, 0.2) is 53.0 Å². The highest BCUT2D eigenvalue weighted by molar-refractivity contribution is 9.10. The van der Waals surface area contributed by atoms with Gasteiger partial charge in [0.1, 0.15) is 0 Å². The Kier molecular flexibility index (Phi) is 5.00. The van der Waals surface area contributed by atoms with Crippen LogP contribution in [-0.2, 0) is 6.42 Å². The number of nitrogens with one attached hydrogen (secondary N) is 1. The number of amides is 1. The van der Waals surface area contributed by atoms with Crippen LogP contribution in [0.5, 0.6) is 0 Å². The van der Waals surface area contributed by atoms with Gasteiger partial charge in [-0.2, -0.15) is 0 Å². The van der Waals surface area contributed by atoms with Crippen LogP contribution in [-0.4, -0.2) is 12.5 Å². The molecule has 0 unspecified atom stereocenters. The quantitative estimate of drug-likeness (QED) is 0.894. The summed E-state index contributed by atoms with van der Waals surface area (Å²) in [6, 6.07) is 15.3. The molecule has 0 saturated carbocycles. The Morgan fingerprint density at radius 3 is 2.58 bits per heavy atom. The lowest BCUT2D eigenvalue weighted by atomic mass is 10.1. The van der Waals surface area contributed by atoms with Crippen molar-refractivity contribution in [3.05, 3.63) is 69.2 Å². The molecule has 2 rings (SSSR count). The molecule has 2 nitrogen and oxygen atoms in total. The van der Waals surface area contributed by atoms with E-state index in [1.165, 1.54) is 5.56 Å². The topological polar surface area (TPSA) is 29.1 Å². The fourth-order valence-corrected chi connectivity index (χ4v) is 2.32. The summed E-state index contributed by atoms with van der Waals surface area (Å²) in [4.78, 5) is 12.0. The fourth-order valence-electron chi connectivity index (χ4n) is 1.74. The molecule has 0 bridgehead atoms. The van der Waals surface area contributed by atoms with Crippen molar-refractivity contribution in [1.82, 2.24) is 5.32 Å². The zero-order valence-electron chi connectivity index (χ0n) is 10.2. The van der Waals surface area contributed by atoms with Crippen LogP contribution in [0.3, 0.4) is 0 Å². The second kappa shape index (κ2) is 6.73. The number of carbonyl (C=O) groups is 1. The molecule has 0 fully saturated rings. The summed E-state index contributed by atoms with van der Waals surface area (Å²) < 4.78 is 0.727. The standard InChI is InChI=1S/C15H13BrClNO/c16-13-8-4-7-12(14(13)17)15(19)18-10-9-11-5-2-1-3-6-11/h1-8H,9-10H2,(H,18,19). The Morgan fingerprint density at radius 2 is 1.84 bits per heavy atom. The minimum absolute atomic E-state index is 0.151. The van der Waals surface area contributed by atoms with E-state index in [2.05, 4.69) is 21.2 Å². The first-order valence-corrected chi connectivity index (χ1v) is 7.11. The molecule has 0 heterocycles. The predicted molar refractivity (Wildman–Crippen MR) is 81.6 cm³/mol. The second-order valence-electron chi connectivity index (χ2n) is 4.09. The minimum Gasteiger partial charge on any atom is -0.352 e. The molecule has 1 amide bonds. The van der Waals surface area contributed by atoms with E-state index in [9.17, 15) is 4.79 Å². The Hall–Kier alpha value is -1.32. The lowest BCUT2D eigenvalue weighted by Gasteiger charge is -2.07. The molecule has 19 heavy (non-hydrogen) atoms. The molecule has 1 N–H and O–H groups in total. The van der Waals surface area contributed by atoms with Crippen molar-refractivity contribution in [3.63, 3.8) is 0 Å². The van der Waals surface area contributed by atoms with Gasteiger partial charge in [-0.3, -0.25) is 4.79 Å². The summed E-state index contributed by atoms with van der Waals surface area (Å²) in [7, 11) is 0. The van der Waals surface area contributed by atoms with Crippen LogP contribution in [0.1, 0.15) is 15.9 Å². The van der Waals surface area contributed by atoms with Crippen molar-refractivity contribution in [2.75, 3.05) is 6.54 Å². The molecular weight excluding hydrogens is 326 g/mol. The van der Waals surface area contributed by atoms with Gasteiger partial charge in [0.25, 0.3) is 5.91 Å². The predicted octanol–water partition coefficient (Wildman–Crippen LogP) is 4.08. The van der Waals surface area contributed by atoms with Crippen molar-refractivity contribution >= 4 is 33.4 Å². The van der Waals surface area contributed by atoms with Crippen molar-refractivity contribution in [3.8, 4) is 0 Å². The number of carbonyl (C=O) groups excluding carboxylic acids is 1. The molecule has 0 aliphatic carbocycles.